The lowest BCUT2D eigenvalue weighted by atomic mass is 9.72. The van der Waals surface area contributed by atoms with Crippen LogP contribution >= 0.6 is 0 Å². The second-order valence-corrected chi connectivity index (χ2v) is 5.40. The topological polar surface area (TPSA) is 46.6 Å². The number of hydrogen-bond donors (Lipinski definition) is 0. The van der Waals surface area contributed by atoms with E-state index in [1.54, 1.807) is 27.8 Å². The molecule has 17 heavy (non-hydrogen) atoms. The highest BCUT2D eigenvalue weighted by Crippen LogP contribution is 2.38. The summed E-state index contributed by atoms with van der Waals surface area (Å²) in [4.78, 5) is 25.0. The number of Topliss-reactive ketones (excluding diaryl/α,β-unsaturated/α-hetero) is 1. The van der Waals surface area contributed by atoms with Crippen LogP contribution in [0.15, 0.2) is 0 Å². The van der Waals surface area contributed by atoms with Crippen molar-refractivity contribution >= 4 is 11.9 Å². The van der Waals surface area contributed by atoms with Gasteiger partial charge in [0, 0.05) is 7.05 Å². The summed E-state index contributed by atoms with van der Waals surface area (Å²) in [6.07, 6.45) is 6.79. The molecule has 0 bridgehead atoms. The van der Waals surface area contributed by atoms with Crippen LogP contribution in [0, 0.1) is 12.3 Å². The molecular formula is C13H19NO3. The van der Waals surface area contributed by atoms with Gasteiger partial charge in [0.15, 0.2) is 0 Å². The normalized spacial score (nSPS) is 17.6. The number of nitrogens with zero attached hydrogens (tertiary/aromatic N) is 1. The summed E-state index contributed by atoms with van der Waals surface area (Å²) in [5, 5.41) is 0. The van der Waals surface area contributed by atoms with E-state index in [0.717, 1.165) is 6.42 Å². The molecule has 0 radical (unpaired) electrons. The third kappa shape index (κ3) is 2.60. The van der Waals surface area contributed by atoms with Crippen LogP contribution in [-0.2, 0) is 9.53 Å². The van der Waals surface area contributed by atoms with E-state index < -0.39 is 17.2 Å². The fourth-order valence-corrected chi connectivity index (χ4v) is 1.87. The monoisotopic (exact) mass is 237 g/mol. The first-order valence-corrected chi connectivity index (χ1v) is 5.71. The first-order valence-electron chi connectivity index (χ1n) is 5.71. The van der Waals surface area contributed by atoms with Gasteiger partial charge in [0.1, 0.15) is 11.1 Å². The molecule has 1 amide bonds. The van der Waals surface area contributed by atoms with E-state index in [0.29, 0.717) is 12.8 Å². The predicted octanol–water partition coefficient (Wildman–Crippen LogP) is 1.98. The Hall–Kier alpha value is -1.50. The quantitative estimate of drug-likeness (QED) is 0.545. The van der Waals surface area contributed by atoms with Crippen molar-refractivity contribution in [1.29, 1.82) is 0 Å². The van der Waals surface area contributed by atoms with Crippen molar-refractivity contribution in [2.45, 2.75) is 51.2 Å². The van der Waals surface area contributed by atoms with Gasteiger partial charge in [-0.05, 0) is 46.0 Å². The zero-order chi connectivity index (χ0) is 13.3. The van der Waals surface area contributed by atoms with Gasteiger partial charge in [-0.25, -0.2) is 4.79 Å². The smallest absolute Gasteiger partial charge is 0.410 e. The summed E-state index contributed by atoms with van der Waals surface area (Å²) in [5.41, 5.74) is -1.41. The summed E-state index contributed by atoms with van der Waals surface area (Å²) in [5.74, 6) is 1.78. The van der Waals surface area contributed by atoms with E-state index in [1.165, 1.54) is 4.90 Å². The number of amides is 1. The third-order valence-electron chi connectivity index (χ3n) is 3.04. The van der Waals surface area contributed by atoms with Gasteiger partial charge in [0.25, 0.3) is 0 Å². The minimum Gasteiger partial charge on any atom is -0.444 e. The Morgan fingerprint density at radius 2 is 1.88 bits per heavy atom. The summed E-state index contributed by atoms with van der Waals surface area (Å²) in [6, 6.07) is 0. The number of hydrogen-bond acceptors (Lipinski definition) is 3. The van der Waals surface area contributed by atoms with Crippen molar-refractivity contribution in [2.75, 3.05) is 7.05 Å². The highest BCUT2D eigenvalue weighted by Gasteiger charge is 2.49. The molecule has 0 N–H and O–H groups in total. The first kappa shape index (κ1) is 13.6. The largest absolute Gasteiger partial charge is 0.444 e. The molecule has 0 aromatic carbocycles. The van der Waals surface area contributed by atoms with Crippen LogP contribution in [0.2, 0.25) is 0 Å². The van der Waals surface area contributed by atoms with Gasteiger partial charge in [0.2, 0.25) is 5.78 Å². The first-order chi connectivity index (χ1) is 7.73. The fourth-order valence-electron chi connectivity index (χ4n) is 1.87. The molecule has 4 nitrogen and oxygen atoms in total. The summed E-state index contributed by atoms with van der Waals surface area (Å²) < 4.78 is 5.24. The van der Waals surface area contributed by atoms with Crippen molar-refractivity contribution < 1.29 is 14.3 Å². The van der Waals surface area contributed by atoms with Gasteiger partial charge in [-0.15, -0.1) is 6.42 Å². The summed E-state index contributed by atoms with van der Waals surface area (Å²) in [6.45, 7) is 5.36. The van der Waals surface area contributed by atoms with Crippen LogP contribution in [0.25, 0.3) is 0 Å². The van der Waals surface area contributed by atoms with E-state index in [2.05, 4.69) is 5.92 Å². The molecular weight excluding hydrogens is 218 g/mol. The van der Waals surface area contributed by atoms with E-state index >= 15 is 0 Å². The lowest BCUT2D eigenvalue weighted by molar-refractivity contribution is -0.129. The van der Waals surface area contributed by atoms with Gasteiger partial charge in [0.05, 0.1) is 0 Å². The molecule has 1 aliphatic carbocycles. The maximum atomic E-state index is 11.9. The second-order valence-electron chi connectivity index (χ2n) is 5.40. The number of rotatable bonds is 2. The van der Waals surface area contributed by atoms with E-state index in [1.807, 2.05) is 0 Å². The molecule has 0 saturated heterocycles. The molecule has 1 fully saturated rings. The lowest BCUT2D eigenvalue weighted by Gasteiger charge is -2.45. The molecule has 0 aromatic heterocycles. The van der Waals surface area contributed by atoms with Crippen molar-refractivity contribution in [2.24, 2.45) is 0 Å². The number of likely N-dealkylation sites (N-methyl/N-ethyl adjacent to an activating group) is 1. The van der Waals surface area contributed by atoms with Crippen LogP contribution in [0.3, 0.4) is 0 Å². The highest BCUT2D eigenvalue weighted by atomic mass is 16.6. The zero-order valence-corrected chi connectivity index (χ0v) is 10.9. The Morgan fingerprint density at radius 3 is 2.18 bits per heavy atom. The Balaban J connectivity index is 2.81. The standard InChI is InChI=1S/C13H19NO3/c1-6-10(15)13(8-7-9-13)14(5)11(16)17-12(2,3)4/h1H,7-9H2,2-5H3. The Bertz CT molecular complexity index is 369. The van der Waals surface area contributed by atoms with Gasteiger partial charge < -0.3 is 4.74 Å². The average molecular weight is 237 g/mol. The van der Waals surface area contributed by atoms with Crippen LogP contribution in [0.1, 0.15) is 40.0 Å². The minimum atomic E-state index is -0.836. The molecule has 0 heterocycles. The van der Waals surface area contributed by atoms with Crippen molar-refractivity contribution in [3.63, 3.8) is 0 Å². The Kier molecular flexibility index (Phi) is 3.51. The van der Waals surface area contributed by atoms with Crippen molar-refractivity contribution in [3.8, 4) is 12.3 Å². The molecule has 94 valence electrons. The summed E-state index contributed by atoms with van der Waals surface area (Å²) >= 11 is 0. The van der Waals surface area contributed by atoms with Gasteiger partial charge >= 0.3 is 6.09 Å². The molecule has 0 spiro atoms. The maximum absolute atomic E-state index is 11.9. The molecule has 1 aliphatic rings. The number of carbonyl (C=O) groups excluding carboxylic acids is 2. The number of terminal acetylenes is 1. The zero-order valence-electron chi connectivity index (χ0n) is 10.9. The van der Waals surface area contributed by atoms with Gasteiger partial charge in [-0.1, -0.05) is 0 Å². The molecule has 0 atom stereocenters. The molecule has 0 aromatic rings. The Labute approximate surface area is 102 Å². The van der Waals surface area contributed by atoms with Crippen molar-refractivity contribution in [1.82, 2.24) is 4.90 Å². The van der Waals surface area contributed by atoms with E-state index in [-0.39, 0.29) is 5.78 Å². The highest BCUT2D eigenvalue weighted by molar-refractivity contribution is 6.04. The second kappa shape index (κ2) is 4.40. The van der Waals surface area contributed by atoms with Crippen LogP contribution in [-0.4, -0.2) is 35.0 Å². The fraction of sp³-hybridized carbons (Fsp3) is 0.692. The van der Waals surface area contributed by atoms with Gasteiger partial charge in [-0.3, -0.25) is 9.69 Å². The predicted molar refractivity (Wildman–Crippen MR) is 64.4 cm³/mol. The third-order valence-corrected chi connectivity index (χ3v) is 3.04. The number of ketones is 1. The van der Waals surface area contributed by atoms with Crippen molar-refractivity contribution in [3.05, 3.63) is 0 Å². The van der Waals surface area contributed by atoms with Crippen LogP contribution in [0.5, 0.6) is 0 Å². The van der Waals surface area contributed by atoms with Crippen LogP contribution < -0.4 is 0 Å². The summed E-state index contributed by atoms with van der Waals surface area (Å²) in [7, 11) is 1.57. The molecule has 0 unspecified atom stereocenters. The average Bonchev–Trinajstić information content (AvgIpc) is 2.12. The van der Waals surface area contributed by atoms with Gasteiger partial charge in [-0.2, -0.15) is 0 Å². The Morgan fingerprint density at radius 1 is 1.35 bits per heavy atom. The lowest BCUT2D eigenvalue weighted by Crippen LogP contribution is -2.60. The molecule has 1 rings (SSSR count). The van der Waals surface area contributed by atoms with Crippen LogP contribution in [0.4, 0.5) is 4.79 Å². The number of carbonyl (C=O) groups is 2. The maximum Gasteiger partial charge on any atom is 0.410 e. The minimum absolute atomic E-state index is 0.336. The van der Waals surface area contributed by atoms with E-state index in [9.17, 15) is 9.59 Å². The SMILES string of the molecule is C#CC(=O)C1(N(C)C(=O)OC(C)(C)C)CCC1. The molecule has 1 saturated carbocycles. The van der Waals surface area contributed by atoms with E-state index in [4.69, 9.17) is 11.2 Å². The molecule has 4 heteroatoms. The number of ether oxygens (including phenoxy) is 1. The molecule has 0 aliphatic heterocycles.